The smallest absolute Gasteiger partial charge is 0.217 e. The second-order valence-electron chi connectivity index (χ2n) is 6.38. The van der Waals surface area contributed by atoms with Crippen LogP contribution in [0.5, 0.6) is 0 Å². The predicted octanol–water partition coefficient (Wildman–Crippen LogP) is 1.68. The number of fused-ring (bicyclic) bond motifs is 2. The number of hydrogen-bond acceptors (Lipinski definition) is 3. The van der Waals surface area contributed by atoms with Crippen LogP contribution in [-0.4, -0.2) is 44.7 Å². The highest BCUT2D eigenvalue weighted by Gasteiger charge is 2.41. The van der Waals surface area contributed by atoms with Crippen LogP contribution in [0.25, 0.3) is 0 Å². The second-order valence-corrected chi connectivity index (χ2v) is 8.84. The zero-order chi connectivity index (χ0) is 14.0. The van der Waals surface area contributed by atoms with Crippen molar-refractivity contribution in [1.29, 1.82) is 0 Å². The Kier molecular flexibility index (Phi) is 4.90. The summed E-state index contributed by atoms with van der Waals surface area (Å²) in [7, 11) is -1.39. The SMILES string of the molecule is CCNCC(C)S(=O)(=O)N(C)CC1CC2CCC1C2. The summed E-state index contributed by atoms with van der Waals surface area (Å²) in [6, 6.07) is 0. The Morgan fingerprint density at radius 1 is 1.32 bits per heavy atom. The fourth-order valence-corrected chi connectivity index (χ4v) is 5.14. The second kappa shape index (κ2) is 6.10. The summed E-state index contributed by atoms with van der Waals surface area (Å²) in [5, 5.41) is 2.79. The van der Waals surface area contributed by atoms with Gasteiger partial charge in [0.15, 0.2) is 0 Å². The topological polar surface area (TPSA) is 49.4 Å². The Morgan fingerprint density at radius 3 is 2.58 bits per heavy atom. The quantitative estimate of drug-likeness (QED) is 0.775. The Balaban J connectivity index is 1.89. The third kappa shape index (κ3) is 3.31. The van der Waals surface area contributed by atoms with Crippen molar-refractivity contribution in [2.24, 2.45) is 17.8 Å². The molecule has 0 aromatic rings. The Morgan fingerprint density at radius 2 is 2.05 bits per heavy atom. The van der Waals surface area contributed by atoms with E-state index in [-0.39, 0.29) is 5.25 Å². The van der Waals surface area contributed by atoms with E-state index < -0.39 is 10.0 Å². The van der Waals surface area contributed by atoms with Crippen molar-refractivity contribution < 1.29 is 8.42 Å². The van der Waals surface area contributed by atoms with E-state index in [4.69, 9.17) is 0 Å². The van der Waals surface area contributed by atoms with Crippen molar-refractivity contribution >= 4 is 10.0 Å². The van der Waals surface area contributed by atoms with Crippen LogP contribution in [0, 0.1) is 17.8 Å². The van der Waals surface area contributed by atoms with Gasteiger partial charge in [-0.3, -0.25) is 0 Å². The van der Waals surface area contributed by atoms with Gasteiger partial charge in [-0.15, -0.1) is 0 Å². The Labute approximate surface area is 118 Å². The normalized spacial score (nSPS) is 32.1. The number of hydrogen-bond donors (Lipinski definition) is 1. The van der Waals surface area contributed by atoms with Crippen LogP contribution in [0.1, 0.15) is 39.5 Å². The first-order valence-corrected chi connectivity index (χ1v) is 9.11. The average Bonchev–Trinajstić information content (AvgIpc) is 2.97. The summed E-state index contributed by atoms with van der Waals surface area (Å²) in [5.41, 5.74) is 0. The van der Waals surface area contributed by atoms with Crippen molar-refractivity contribution in [2.45, 2.75) is 44.8 Å². The maximum Gasteiger partial charge on any atom is 0.217 e. The summed E-state index contributed by atoms with van der Waals surface area (Å²) in [5.74, 6) is 2.27. The number of rotatable bonds is 7. The largest absolute Gasteiger partial charge is 0.316 e. The van der Waals surface area contributed by atoms with Crippen LogP contribution < -0.4 is 5.32 Å². The first-order chi connectivity index (χ1) is 8.95. The van der Waals surface area contributed by atoms with Gasteiger partial charge in [-0.1, -0.05) is 13.3 Å². The van der Waals surface area contributed by atoms with Gasteiger partial charge in [0.2, 0.25) is 10.0 Å². The van der Waals surface area contributed by atoms with E-state index in [0.29, 0.717) is 12.5 Å². The number of nitrogens with one attached hydrogen (secondary N) is 1. The van der Waals surface area contributed by atoms with Gasteiger partial charge in [-0.05, 0) is 50.5 Å². The molecule has 0 amide bonds. The molecule has 2 fully saturated rings. The van der Waals surface area contributed by atoms with Gasteiger partial charge in [0.1, 0.15) is 0 Å². The molecule has 4 unspecified atom stereocenters. The highest BCUT2D eigenvalue weighted by atomic mass is 32.2. The molecule has 112 valence electrons. The summed E-state index contributed by atoms with van der Waals surface area (Å²) in [6.07, 6.45) is 5.27. The van der Waals surface area contributed by atoms with Crippen LogP contribution in [0.15, 0.2) is 0 Å². The third-order valence-electron chi connectivity index (χ3n) is 5.00. The first-order valence-electron chi connectivity index (χ1n) is 7.61. The molecule has 19 heavy (non-hydrogen) atoms. The molecule has 4 atom stereocenters. The molecule has 2 saturated carbocycles. The van der Waals surface area contributed by atoms with Crippen molar-refractivity contribution in [3.05, 3.63) is 0 Å². The molecular weight excluding hydrogens is 260 g/mol. The van der Waals surface area contributed by atoms with Crippen LogP contribution >= 0.6 is 0 Å². The van der Waals surface area contributed by atoms with E-state index in [2.05, 4.69) is 5.32 Å². The van der Waals surface area contributed by atoms with Crippen molar-refractivity contribution in [3.63, 3.8) is 0 Å². The van der Waals surface area contributed by atoms with Gasteiger partial charge >= 0.3 is 0 Å². The van der Waals surface area contributed by atoms with E-state index in [9.17, 15) is 8.42 Å². The van der Waals surface area contributed by atoms with Crippen molar-refractivity contribution in [3.8, 4) is 0 Å². The molecule has 1 N–H and O–H groups in total. The van der Waals surface area contributed by atoms with Crippen LogP contribution in [0.4, 0.5) is 0 Å². The van der Waals surface area contributed by atoms with Crippen LogP contribution in [0.3, 0.4) is 0 Å². The van der Waals surface area contributed by atoms with Gasteiger partial charge in [-0.2, -0.15) is 0 Å². The molecule has 0 aromatic carbocycles. The minimum Gasteiger partial charge on any atom is -0.316 e. The molecule has 0 saturated heterocycles. The van der Waals surface area contributed by atoms with E-state index in [1.807, 2.05) is 6.92 Å². The Hall–Kier alpha value is -0.130. The van der Waals surface area contributed by atoms with Crippen LogP contribution in [-0.2, 0) is 10.0 Å². The van der Waals surface area contributed by atoms with E-state index in [1.165, 1.54) is 25.7 Å². The fourth-order valence-electron chi connectivity index (χ4n) is 3.79. The molecule has 0 radical (unpaired) electrons. The van der Waals surface area contributed by atoms with Gasteiger partial charge in [0.25, 0.3) is 0 Å². The number of nitrogens with zero attached hydrogens (tertiary/aromatic N) is 1. The van der Waals surface area contributed by atoms with Gasteiger partial charge < -0.3 is 5.32 Å². The van der Waals surface area contributed by atoms with E-state index in [1.54, 1.807) is 18.3 Å². The minimum absolute atomic E-state index is 0.337. The highest BCUT2D eigenvalue weighted by molar-refractivity contribution is 7.89. The van der Waals surface area contributed by atoms with E-state index in [0.717, 1.165) is 24.9 Å². The van der Waals surface area contributed by atoms with Crippen LogP contribution in [0.2, 0.25) is 0 Å². The van der Waals surface area contributed by atoms with E-state index >= 15 is 0 Å². The lowest BCUT2D eigenvalue weighted by Crippen LogP contribution is -2.42. The third-order valence-corrected chi connectivity index (χ3v) is 7.20. The molecule has 0 spiro atoms. The lowest BCUT2D eigenvalue weighted by molar-refractivity contribution is 0.279. The van der Waals surface area contributed by atoms with Crippen molar-refractivity contribution in [2.75, 3.05) is 26.7 Å². The summed E-state index contributed by atoms with van der Waals surface area (Å²) in [6.45, 7) is 5.88. The summed E-state index contributed by atoms with van der Waals surface area (Å²) >= 11 is 0. The zero-order valence-corrected chi connectivity index (χ0v) is 13.2. The maximum atomic E-state index is 12.4. The molecule has 0 aromatic heterocycles. The van der Waals surface area contributed by atoms with Gasteiger partial charge in [0, 0.05) is 20.1 Å². The lowest BCUT2D eigenvalue weighted by atomic mass is 9.89. The molecule has 5 heteroatoms. The number of sulfonamides is 1. The molecule has 4 nitrogen and oxygen atoms in total. The van der Waals surface area contributed by atoms with Gasteiger partial charge in [-0.25, -0.2) is 12.7 Å². The standard InChI is InChI=1S/C14H28N2O2S/c1-4-15-9-11(2)19(17,18)16(3)10-14-8-12-5-6-13(14)7-12/h11-15H,4-10H2,1-3H3. The monoisotopic (exact) mass is 288 g/mol. The highest BCUT2D eigenvalue weighted by Crippen LogP contribution is 2.48. The molecule has 2 aliphatic rings. The predicted molar refractivity (Wildman–Crippen MR) is 78.5 cm³/mol. The molecule has 2 rings (SSSR count). The zero-order valence-electron chi connectivity index (χ0n) is 12.4. The lowest BCUT2D eigenvalue weighted by Gasteiger charge is -2.28. The summed E-state index contributed by atoms with van der Waals surface area (Å²) in [4.78, 5) is 0. The van der Waals surface area contributed by atoms with Crippen molar-refractivity contribution in [1.82, 2.24) is 9.62 Å². The molecule has 2 bridgehead atoms. The first kappa shape index (κ1) is 15.3. The van der Waals surface area contributed by atoms with Gasteiger partial charge in [0.05, 0.1) is 5.25 Å². The Bertz CT molecular complexity index is 396. The average molecular weight is 288 g/mol. The minimum atomic E-state index is -3.14. The molecule has 2 aliphatic carbocycles. The molecule has 0 heterocycles. The maximum absolute atomic E-state index is 12.4. The molecule has 0 aliphatic heterocycles. The summed E-state index contributed by atoms with van der Waals surface area (Å²) < 4.78 is 26.4. The fraction of sp³-hybridized carbons (Fsp3) is 1.00. The molecular formula is C14H28N2O2S.